The number of nitrogens with two attached hydrogens (primary N) is 1. The molecule has 4 N–H and O–H groups in total. The van der Waals surface area contributed by atoms with Crippen molar-refractivity contribution >= 4 is 5.96 Å². The van der Waals surface area contributed by atoms with Gasteiger partial charge in [-0.05, 0) is 25.3 Å². The SMILES string of the molecule is CC(O)(CN=C(N)NCC1CCCO1)c1ccccc1. The molecule has 2 atom stereocenters. The molecule has 1 saturated heterocycles. The number of ether oxygens (including phenoxy) is 1. The second kappa shape index (κ2) is 6.72. The molecule has 5 nitrogen and oxygen atoms in total. The fraction of sp³-hybridized carbons (Fsp3) is 0.533. The Balaban J connectivity index is 1.84. The number of nitrogens with one attached hydrogen (secondary N) is 1. The summed E-state index contributed by atoms with van der Waals surface area (Å²) in [6.45, 7) is 3.45. The van der Waals surface area contributed by atoms with Crippen molar-refractivity contribution in [3.8, 4) is 0 Å². The molecule has 0 spiro atoms. The predicted molar refractivity (Wildman–Crippen MR) is 79.5 cm³/mol. The molecule has 110 valence electrons. The van der Waals surface area contributed by atoms with Crippen molar-refractivity contribution in [1.82, 2.24) is 5.32 Å². The van der Waals surface area contributed by atoms with Crippen molar-refractivity contribution in [2.75, 3.05) is 19.7 Å². The van der Waals surface area contributed by atoms with E-state index in [2.05, 4.69) is 10.3 Å². The Morgan fingerprint density at radius 1 is 1.50 bits per heavy atom. The topological polar surface area (TPSA) is 79.9 Å². The molecule has 1 aromatic rings. The summed E-state index contributed by atoms with van der Waals surface area (Å²) >= 11 is 0. The van der Waals surface area contributed by atoms with Gasteiger partial charge < -0.3 is 20.9 Å². The van der Waals surface area contributed by atoms with Gasteiger partial charge in [0.25, 0.3) is 0 Å². The van der Waals surface area contributed by atoms with Crippen LogP contribution in [0.2, 0.25) is 0 Å². The zero-order chi connectivity index (χ0) is 14.4. The lowest BCUT2D eigenvalue weighted by Gasteiger charge is -2.22. The number of hydrogen-bond acceptors (Lipinski definition) is 3. The van der Waals surface area contributed by atoms with Crippen LogP contribution in [-0.4, -0.2) is 36.9 Å². The number of aliphatic hydroxyl groups is 1. The average molecular weight is 277 g/mol. The Kier molecular flexibility index (Phi) is 4.98. The highest BCUT2D eigenvalue weighted by molar-refractivity contribution is 5.77. The fourth-order valence-electron chi connectivity index (χ4n) is 2.21. The molecule has 1 fully saturated rings. The summed E-state index contributed by atoms with van der Waals surface area (Å²) in [6.07, 6.45) is 2.38. The normalized spacial score (nSPS) is 22.5. The van der Waals surface area contributed by atoms with Crippen molar-refractivity contribution in [3.63, 3.8) is 0 Å². The van der Waals surface area contributed by atoms with Gasteiger partial charge in [-0.1, -0.05) is 30.3 Å². The number of nitrogens with zero attached hydrogens (tertiary/aromatic N) is 1. The van der Waals surface area contributed by atoms with E-state index in [1.165, 1.54) is 0 Å². The molecule has 5 heteroatoms. The highest BCUT2D eigenvalue weighted by atomic mass is 16.5. The van der Waals surface area contributed by atoms with Crippen molar-refractivity contribution in [2.45, 2.75) is 31.5 Å². The zero-order valence-electron chi connectivity index (χ0n) is 11.9. The number of benzene rings is 1. The van der Waals surface area contributed by atoms with Crippen LogP contribution in [0.15, 0.2) is 35.3 Å². The van der Waals surface area contributed by atoms with Crippen molar-refractivity contribution in [2.24, 2.45) is 10.7 Å². The van der Waals surface area contributed by atoms with E-state index in [0.717, 1.165) is 25.0 Å². The quantitative estimate of drug-likeness (QED) is 0.553. The van der Waals surface area contributed by atoms with Gasteiger partial charge in [-0.15, -0.1) is 0 Å². The van der Waals surface area contributed by atoms with Gasteiger partial charge in [0.2, 0.25) is 0 Å². The van der Waals surface area contributed by atoms with Gasteiger partial charge in [0, 0.05) is 13.2 Å². The summed E-state index contributed by atoms with van der Waals surface area (Å²) in [5, 5.41) is 13.4. The first-order valence-electron chi connectivity index (χ1n) is 7.01. The van der Waals surface area contributed by atoms with E-state index in [0.29, 0.717) is 12.5 Å². The molecule has 0 bridgehead atoms. The Labute approximate surface area is 119 Å². The smallest absolute Gasteiger partial charge is 0.188 e. The fourth-order valence-corrected chi connectivity index (χ4v) is 2.21. The van der Waals surface area contributed by atoms with Crippen molar-refractivity contribution in [1.29, 1.82) is 0 Å². The minimum Gasteiger partial charge on any atom is -0.384 e. The Hall–Kier alpha value is -1.59. The molecule has 20 heavy (non-hydrogen) atoms. The van der Waals surface area contributed by atoms with Gasteiger partial charge in [-0.3, -0.25) is 4.99 Å². The highest BCUT2D eigenvalue weighted by Gasteiger charge is 2.22. The second-order valence-corrected chi connectivity index (χ2v) is 5.36. The number of hydrogen-bond donors (Lipinski definition) is 3. The van der Waals surface area contributed by atoms with Gasteiger partial charge in [0.15, 0.2) is 5.96 Å². The molecule has 2 rings (SSSR count). The van der Waals surface area contributed by atoms with Crippen LogP contribution in [0.4, 0.5) is 0 Å². The van der Waals surface area contributed by atoms with Crippen LogP contribution in [0.25, 0.3) is 0 Å². The van der Waals surface area contributed by atoms with Gasteiger partial charge in [-0.2, -0.15) is 0 Å². The lowest BCUT2D eigenvalue weighted by Crippen LogP contribution is -2.38. The number of guanidine groups is 1. The van der Waals surface area contributed by atoms with Crippen LogP contribution in [0, 0.1) is 0 Å². The van der Waals surface area contributed by atoms with E-state index in [1.807, 2.05) is 30.3 Å². The van der Waals surface area contributed by atoms with Gasteiger partial charge >= 0.3 is 0 Å². The van der Waals surface area contributed by atoms with Gasteiger partial charge in [-0.25, -0.2) is 0 Å². The lowest BCUT2D eigenvalue weighted by molar-refractivity contribution is 0.0672. The first-order valence-corrected chi connectivity index (χ1v) is 7.01. The van der Waals surface area contributed by atoms with E-state index in [1.54, 1.807) is 6.92 Å². The molecule has 1 aliphatic heterocycles. The third-order valence-electron chi connectivity index (χ3n) is 3.49. The first kappa shape index (κ1) is 14.8. The Morgan fingerprint density at radius 3 is 2.90 bits per heavy atom. The molecular weight excluding hydrogens is 254 g/mol. The van der Waals surface area contributed by atoms with E-state index in [4.69, 9.17) is 10.5 Å². The minimum atomic E-state index is -1.02. The summed E-state index contributed by atoms with van der Waals surface area (Å²) < 4.78 is 5.50. The van der Waals surface area contributed by atoms with E-state index in [-0.39, 0.29) is 12.6 Å². The molecule has 0 aromatic heterocycles. The maximum Gasteiger partial charge on any atom is 0.188 e. The van der Waals surface area contributed by atoms with E-state index < -0.39 is 5.60 Å². The molecule has 0 amide bonds. The van der Waals surface area contributed by atoms with Gasteiger partial charge in [0.1, 0.15) is 5.60 Å². The minimum absolute atomic E-state index is 0.221. The molecule has 1 aromatic carbocycles. The standard InChI is InChI=1S/C15H23N3O2/c1-15(19,12-6-3-2-4-7-12)11-18-14(16)17-10-13-8-5-9-20-13/h2-4,6-7,13,19H,5,8-11H2,1H3,(H3,16,17,18). The summed E-state index contributed by atoms with van der Waals surface area (Å²) in [7, 11) is 0. The number of aliphatic imine (C=N–C) groups is 1. The molecule has 0 saturated carbocycles. The Morgan fingerprint density at radius 2 is 2.25 bits per heavy atom. The molecule has 0 radical (unpaired) electrons. The molecule has 1 aliphatic rings. The molecule has 1 heterocycles. The predicted octanol–water partition coefficient (Wildman–Crippen LogP) is 0.977. The van der Waals surface area contributed by atoms with Crippen molar-refractivity contribution in [3.05, 3.63) is 35.9 Å². The zero-order valence-corrected chi connectivity index (χ0v) is 11.9. The summed E-state index contributed by atoms with van der Waals surface area (Å²) in [6, 6.07) is 9.47. The molecule has 0 aliphatic carbocycles. The van der Waals surface area contributed by atoms with Crippen LogP contribution in [-0.2, 0) is 10.3 Å². The largest absolute Gasteiger partial charge is 0.384 e. The van der Waals surface area contributed by atoms with Crippen LogP contribution in [0.5, 0.6) is 0 Å². The van der Waals surface area contributed by atoms with Crippen molar-refractivity contribution < 1.29 is 9.84 Å². The maximum atomic E-state index is 10.4. The van der Waals surface area contributed by atoms with E-state index >= 15 is 0 Å². The van der Waals surface area contributed by atoms with E-state index in [9.17, 15) is 5.11 Å². The van der Waals surface area contributed by atoms with Crippen LogP contribution in [0.3, 0.4) is 0 Å². The van der Waals surface area contributed by atoms with Crippen LogP contribution < -0.4 is 11.1 Å². The Bertz CT molecular complexity index is 440. The third kappa shape index (κ3) is 4.21. The summed E-state index contributed by atoms with van der Waals surface area (Å²) in [5.74, 6) is 0.344. The molecular formula is C15H23N3O2. The van der Waals surface area contributed by atoms with Crippen LogP contribution >= 0.6 is 0 Å². The second-order valence-electron chi connectivity index (χ2n) is 5.36. The molecule has 2 unspecified atom stereocenters. The lowest BCUT2D eigenvalue weighted by atomic mass is 9.96. The number of rotatable bonds is 5. The first-order chi connectivity index (χ1) is 9.58. The van der Waals surface area contributed by atoms with Crippen LogP contribution in [0.1, 0.15) is 25.3 Å². The highest BCUT2D eigenvalue weighted by Crippen LogP contribution is 2.20. The third-order valence-corrected chi connectivity index (χ3v) is 3.49. The summed E-state index contributed by atoms with van der Waals surface area (Å²) in [5.41, 5.74) is 5.62. The monoisotopic (exact) mass is 277 g/mol. The average Bonchev–Trinajstić information content (AvgIpc) is 2.97. The summed E-state index contributed by atoms with van der Waals surface area (Å²) in [4.78, 5) is 4.21. The van der Waals surface area contributed by atoms with Gasteiger partial charge in [0.05, 0.1) is 12.6 Å². The maximum absolute atomic E-state index is 10.4.